The van der Waals surface area contributed by atoms with E-state index in [2.05, 4.69) is 65.2 Å². The molecule has 1 heterocycles. The molecule has 2 nitrogen and oxygen atoms in total. The van der Waals surface area contributed by atoms with Crippen molar-refractivity contribution in [2.75, 3.05) is 5.32 Å². The summed E-state index contributed by atoms with van der Waals surface area (Å²) in [5, 5.41) is 3.43. The molecule has 0 aliphatic rings. The van der Waals surface area contributed by atoms with Gasteiger partial charge in [-0.1, -0.05) is 12.1 Å². The van der Waals surface area contributed by atoms with E-state index >= 15 is 0 Å². The van der Waals surface area contributed by atoms with Gasteiger partial charge in [0.1, 0.15) is 4.60 Å². The van der Waals surface area contributed by atoms with Gasteiger partial charge in [0.2, 0.25) is 0 Å². The molecule has 0 bridgehead atoms. The Morgan fingerprint density at radius 2 is 1.63 bits per heavy atom. The Bertz CT molecular complexity index is 606. The first-order valence-electron chi connectivity index (χ1n) is 6.40. The fourth-order valence-corrected chi connectivity index (χ4v) is 2.28. The SMILES string of the molecule is Cc1cc(C)c(CNc2cnc(Br)c(C)c2)cc1C. The van der Waals surface area contributed by atoms with E-state index in [4.69, 9.17) is 0 Å². The second kappa shape index (κ2) is 5.74. The minimum atomic E-state index is 0.829. The van der Waals surface area contributed by atoms with Crippen molar-refractivity contribution in [3.63, 3.8) is 0 Å². The summed E-state index contributed by atoms with van der Waals surface area (Å²) in [6.07, 6.45) is 1.85. The first kappa shape index (κ1) is 14.1. The van der Waals surface area contributed by atoms with Gasteiger partial charge < -0.3 is 5.32 Å². The van der Waals surface area contributed by atoms with Gasteiger partial charge in [-0.05, 0) is 77.5 Å². The molecule has 0 radical (unpaired) electrons. The standard InChI is InChI=1S/C16H19BrN2/c1-10-5-12(3)14(6-11(10)2)8-18-15-7-13(4)16(17)19-9-15/h5-7,9,18H,8H2,1-4H3. The van der Waals surface area contributed by atoms with Gasteiger partial charge >= 0.3 is 0 Å². The summed E-state index contributed by atoms with van der Waals surface area (Å²) >= 11 is 3.42. The molecule has 0 saturated heterocycles. The van der Waals surface area contributed by atoms with Gasteiger partial charge in [0, 0.05) is 6.54 Å². The minimum Gasteiger partial charge on any atom is -0.380 e. The zero-order valence-corrected chi connectivity index (χ0v) is 13.4. The van der Waals surface area contributed by atoms with Crippen molar-refractivity contribution in [3.8, 4) is 0 Å². The van der Waals surface area contributed by atoms with Crippen molar-refractivity contribution < 1.29 is 0 Å². The molecule has 1 N–H and O–H groups in total. The van der Waals surface area contributed by atoms with Crippen molar-refractivity contribution in [2.45, 2.75) is 34.2 Å². The van der Waals surface area contributed by atoms with Crippen LogP contribution in [0.2, 0.25) is 0 Å². The Kier molecular flexibility index (Phi) is 4.25. The second-order valence-electron chi connectivity index (χ2n) is 5.05. The van der Waals surface area contributed by atoms with Crippen LogP contribution in [0.4, 0.5) is 5.69 Å². The molecular formula is C16H19BrN2. The predicted octanol–water partition coefficient (Wildman–Crippen LogP) is 4.69. The zero-order valence-electron chi connectivity index (χ0n) is 11.8. The number of pyridine rings is 1. The molecule has 19 heavy (non-hydrogen) atoms. The van der Waals surface area contributed by atoms with Crippen molar-refractivity contribution in [1.29, 1.82) is 0 Å². The number of anilines is 1. The molecule has 0 aliphatic heterocycles. The molecule has 1 aromatic carbocycles. The van der Waals surface area contributed by atoms with Crippen LogP contribution in [-0.2, 0) is 6.54 Å². The van der Waals surface area contributed by atoms with Gasteiger partial charge in [-0.25, -0.2) is 4.98 Å². The number of hydrogen-bond acceptors (Lipinski definition) is 2. The van der Waals surface area contributed by atoms with Gasteiger partial charge in [0.15, 0.2) is 0 Å². The summed E-state index contributed by atoms with van der Waals surface area (Å²) in [6, 6.07) is 6.61. The predicted molar refractivity (Wildman–Crippen MR) is 84.7 cm³/mol. The van der Waals surface area contributed by atoms with Crippen molar-refractivity contribution >= 4 is 21.6 Å². The minimum absolute atomic E-state index is 0.829. The van der Waals surface area contributed by atoms with Crippen LogP contribution in [0.25, 0.3) is 0 Å². The number of nitrogens with one attached hydrogen (secondary N) is 1. The van der Waals surface area contributed by atoms with Crippen molar-refractivity contribution in [2.24, 2.45) is 0 Å². The van der Waals surface area contributed by atoms with Gasteiger partial charge in [-0.2, -0.15) is 0 Å². The van der Waals surface area contributed by atoms with Crippen LogP contribution in [0, 0.1) is 27.7 Å². The van der Waals surface area contributed by atoms with E-state index in [0.717, 1.165) is 22.4 Å². The average Bonchev–Trinajstić information content (AvgIpc) is 2.36. The van der Waals surface area contributed by atoms with E-state index in [-0.39, 0.29) is 0 Å². The molecule has 0 atom stereocenters. The molecule has 2 rings (SSSR count). The number of aromatic nitrogens is 1. The highest BCUT2D eigenvalue weighted by atomic mass is 79.9. The van der Waals surface area contributed by atoms with Gasteiger partial charge in [-0.3, -0.25) is 0 Å². The number of aryl methyl sites for hydroxylation is 4. The molecule has 2 aromatic rings. The lowest BCUT2D eigenvalue weighted by molar-refractivity contribution is 1.09. The number of hydrogen-bond donors (Lipinski definition) is 1. The Morgan fingerprint density at radius 3 is 2.32 bits per heavy atom. The fourth-order valence-electron chi connectivity index (χ4n) is 2.06. The van der Waals surface area contributed by atoms with Crippen LogP contribution in [0.3, 0.4) is 0 Å². The van der Waals surface area contributed by atoms with Crippen LogP contribution < -0.4 is 5.32 Å². The summed E-state index contributed by atoms with van der Waals surface area (Å²) < 4.78 is 0.903. The number of halogens is 1. The Balaban J connectivity index is 2.14. The quantitative estimate of drug-likeness (QED) is 0.830. The molecule has 1 aromatic heterocycles. The van der Waals surface area contributed by atoms with Crippen LogP contribution in [-0.4, -0.2) is 4.98 Å². The number of nitrogens with zero attached hydrogens (tertiary/aromatic N) is 1. The highest BCUT2D eigenvalue weighted by Gasteiger charge is 2.03. The summed E-state index contributed by atoms with van der Waals surface area (Å²) in [6.45, 7) is 9.35. The molecule has 0 aliphatic carbocycles. The van der Waals surface area contributed by atoms with Gasteiger partial charge in [0.05, 0.1) is 11.9 Å². The normalized spacial score (nSPS) is 10.6. The third-order valence-corrected chi connectivity index (χ3v) is 4.28. The van der Waals surface area contributed by atoms with Crippen molar-refractivity contribution in [3.05, 3.63) is 56.8 Å². The molecule has 0 spiro atoms. The number of benzene rings is 1. The molecule has 100 valence electrons. The fraction of sp³-hybridized carbons (Fsp3) is 0.312. The monoisotopic (exact) mass is 318 g/mol. The van der Waals surface area contributed by atoms with E-state index in [1.807, 2.05) is 13.1 Å². The smallest absolute Gasteiger partial charge is 0.109 e. The molecular weight excluding hydrogens is 300 g/mol. The summed E-state index contributed by atoms with van der Waals surface area (Å²) in [4.78, 5) is 4.30. The van der Waals surface area contributed by atoms with Crippen LogP contribution in [0.15, 0.2) is 29.0 Å². The van der Waals surface area contributed by atoms with Crippen molar-refractivity contribution in [1.82, 2.24) is 4.98 Å². The maximum Gasteiger partial charge on any atom is 0.109 e. The highest BCUT2D eigenvalue weighted by Crippen LogP contribution is 2.19. The van der Waals surface area contributed by atoms with Gasteiger partial charge in [-0.15, -0.1) is 0 Å². The van der Waals surface area contributed by atoms with E-state index in [0.29, 0.717) is 0 Å². The topological polar surface area (TPSA) is 24.9 Å². The third-order valence-electron chi connectivity index (χ3n) is 3.45. The lowest BCUT2D eigenvalue weighted by Crippen LogP contribution is -2.03. The summed E-state index contributed by atoms with van der Waals surface area (Å²) in [5.74, 6) is 0. The Labute approximate surface area is 123 Å². The largest absolute Gasteiger partial charge is 0.380 e. The first-order valence-corrected chi connectivity index (χ1v) is 7.19. The van der Waals surface area contributed by atoms with Gasteiger partial charge in [0.25, 0.3) is 0 Å². The summed E-state index contributed by atoms with van der Waals surface area (Å²) in [7, 11) is 0. The highest BCUT2D eigenvalue weighted by molar-refractivity contribution is 9.10. The summed E-state index contributed by atoms with van der Waals surface area (Å²) in [5.41, 5.74) is 7.55. The molecule has 0 unspecified atom stereocenters. The zero-order chi connectivity index (χ0) is 14.0. The first-order chi connectivity index (χ1) is 8.97. The lowest BCUT2D eigenvalue weighted by Gasteiger charge is -2.12. The van der Waals surface area contributed by atoms with E-state index in [1.54, 1.807) is 0 Å². The van der Waals surface area contributed by atoms with E-state index < -0.39 is 0 Å². The van der Waals surface area contributed by atoms with E-state index in [1.165, 1.54) is 22.3 Å². The lowest BCUT2D eigenvalue weighted by atomic mass is 10.0. The van der Waals surface area contributed by atoms with Crippen LogP contribution in [0.1, 0.15) is 27.8 Å². The Morgan fingerprint density at radius 1 is 0.947 bits per heavy atom. The molecule has 0 saturated carbocycles. The average molecular weight is 319 g/mol. The van der Waals surface area contributed by atoms with Crippen LogP contribution in [0.5, 0.6) is 0 Å². The molecule has 3 heteroatoms. The molecule has 0 fully saturated rings. The maximum atomic E-state index is 4.30. The maximum absolute atomic E-state index is 4.30. The number of rotatable bonds is 3. The molecule has 0 amide bonds. The Hall–Kier alpha value is -1.35. The third kappa shape index (κ3) is 3.35. The van der Waals surface area contributed by atoms with E-state index in [9.17, 15) is 0 Å². The second-order valence-corrected chi connectivity index (χ2v) is 5.80. The van der Waals surface area contributed by atoms with Crippen LogP contribution >= 0.6 is 15.9 Å².